The quantitative estimate of drug-likeness (QED) is 0.780. The maximum Gasteiger partial charge on any atom is 0.408 e. The molecular formula is C17H22N2O5. The first-order chi connectivity index (χ1) is 11.2. The summed E-state index contributed by atoms with van der Waals surface area (Å²) in [7, 11) is 1.58. The van der Waals surface area contributed by atoms with Gasteiger partial charge in [0, 0.05) is 29.6 Å². The lowest BCUT2D eigenvalue weighted by Gasteiger charge is -2.22. The number of carbonyl (C=O) groups excluding carboxylic acids is 1. The summed E-state index contributed by atoms with van der Waals surface area (Å²) in [5.74, 6) is -0.415. The molecule has 0 bridgehead atoms. The molecule has 0 aliphatic carbocycles. The average molecular weight is 334 g/mol. The molecule has 0 spiro atoms. The van der Waals surface area contributed by atoms with Crippen molar-refractivity contribution in [3.8, 4) is 5.75 Å². The van der Waals surface area contributed by atoms with Gasteiger partial charge in [-0.05, 0) is 38.5 Å². The maximum absolute atomic E-state index is 11.8. The minimum atomic E-state index is -1.12. The first-order valence-electron chi connectivity index (χ1n) is 7.56. The van der Waals surface area contributed by atoms with Crippen LogP contribution in [0, 0.1) is 0 Å². The third-order valence-corrected chi connectivity index (χ3v) is 3.39. The summed E-state index contributed by atoms with van der Waals surface area (Å²) in [6.45, 7) is 5.15. The number of methoxy groups -OCH3 is 1. The van der Waals surface area contributed by atoms with E-state index in [0.29, 0.717) is 5.75 Å². The number of H-pyrrole nitrogens is 1. The Labute approximate surface area is 140 Å². The summed E-state index contributed by atoms with van der Waals surface area (Å²) in [5.41, 5.74) is 0.937. The van der Waals surface area contributed by atoms with Crippen molar-refractivity contribution in [1.29, 1.82) is 0 Å². The summed E-state index contributed by atoms with van der Waals surface area (Å²) >= 11 is 0. The topological polar surface area (TPSA) is 101 Å². The average Bonchev–Trinajstić information content (AvgIpc) is 2.86. The number of rotatable bonds is 5. The summed E-state index contributed by atoms with van der Waals surface area (Å²) in [4.78, 5) is 26.4. The van der Waals surface area contributed by atoms with Crippen molar-refractivity contribution in [3.05, 3.63) is 30.0 Å². The van der Waals surface area contributed by atoms with Gasteiger partial charge in [0.25, 0.3) is 0 Å². The number of aromatic amines is 1. The number of carboxylic acid groups (broad SMARTS) is 1. The fourth-order valence-corrected chi connectivity index (χ4v) is 2.33. The number of nitrogens with one attached hydrogen (secondary N) is 2. The van der Waals surface area contributed by atoms with E-state index in [0.717, 1.165) is 16.5 Å². The molecule has 0 aliphatic rings. The normalized spacial score (nSPS) is 12.7. The Morgan fingerprint density at radius 3 is 2.62 bits per heavy atom. The van der Waals surface area contributed by atoms with Crippen LogP contribution in [-0.4, -0.2) is 40.9 Å². The minimum absolute atomic E-state index is 0.140. The largest absolute Gasteiger partial charge is 0.497 e. The van der Waals surface area contributed by atoms with Crippen molar-refractivity contribution in [2.24, 2.45) is 0 Å². The first kappa shape index (κ1) is 17.7. The van der Waals surface area contributed by atoms with Gasteiger partial charge in [0.15, 0.2) is 0 Å². The number of alkyl carbamates (subject to hydrolysis) is 1. The number of ether oxygens (including phenoxy) is 2. The molecule has 1 aromatic carbocycles. The zero-order chi connectivity index (χ0) is 17.9. The number of carbonyl (C=O) groups is 2. The molecule has 0 fully saturated rings. The van der Waals surface area contributed by atoms with Gasteiger partial charge in [0.2, 0.25) is 0 Å². The van der Waals surface area contributed by atoms with E-state index in [1.165, 1.54) is 0 Å². The van der Waals surface area contributed by atoms with Gasteiger partial charge in [-0.25, -0.2) is 9.59 Å². The second-order valence-electron chi connectivity index (χ2n) is 6.47. The Bertz CT molecular complexity index is 745. The number of hydrogen-bond donors (Lipinski definition) is 3. The van der Waals surface area contributed by atoms with E-state index >= 15 is 0 Å². The van der Waals surface area contributed by atoms with Gasteiger partial charge in [0.05, 0.1) is 7.11 Å². The third-order valence-electron chi connectivity index (χ3n) is 3.39. The maximum atomic E-state index is 11.8. The van der Waals surface area contributed by atoms with Gasteiger partial charge < -0.3 is 24.9 Å². The van der Waals surface area contributed by atoms with Crippen LogP contribution in [0.5, 0.6) is 5.75 Å². The van der Waals surface area contributed by atoms with E-state index in [4.69, 9.17) is 9.47 Å². The Balaban J connectivity index is 2.16. The Morgan fingerprint density at radius 2 is 2.04 bits per heavy atom. The minimum Gasteiger partial charge on any atom is -0.497 e. The van der Waals surface area contributed by atoms with Gasteiger partial charge in [-0.15, -0.1) is 0 Å². The summed E-state index contributed by atoms with van der Waals surface area (Å²) in [6.07, 6.45) is 1.12. The fraction of sp³-hybridized carbons (Fsp3) is 0.412. The van der Waals surface area contributed by atoms with E-state index < -0.39 is 23.7 Å². The summed E-state index contributed by atoms with van der Waals surface area (Å²) < 4.78 is 10.3. The number of aliphatic carboxylic acids is 1. The molecule has 1 atom stereocenters. The van der Waals surface area contributed by atoms with Crippen molar-refractivity contribution in [2.75, 3.05) is 7.11 Å². The molecule has 1 amide bonds. The number of hydrogen-bond acceptors (Lipinski definition) is 4. The summed E-state index contributed by atoms with van der Waals surface area (Å²) in [6, 6.07) is 4.40. The van der Waals surface area contributed by atoms with Crippen molar-refractivity contribution in [1.82, 2.24) is 10.3 Å². The molecule has 0 saturated carbocycles. The van der Waals surface area contributed by atoms with Crippen LogP contribution in [0.3, 0.4) is 0 Å². The van der Waals surface area contributed by atoms with E-state index in [2.05, 4.69) is 10.3 Å². The van der Waals surface area contributed by atoms with Gasteiger partial charge >= 0.3 is 12.1 Å². The predicted octanol–water partition coefficient (Wildman–Crippen LogP) is 2.70. The van der Waals surface area contributed by atoms with Crippen LogP contribution < -0.4 is 10.1 Å². The molecule has 7 nitrogen and oxygen atoms in total. The molecule has 7 heteroatoms. The fourth-order valence-electron chi connectivity index (χ4n) is 2.33. The predicted molar refractivity (Wildman–Crippen MR) is 89.3 cm³/mol. The molecule has 0 unspecified atom stereocenters. The second kappa shape index (κ2) is 6.82. The van der Waals surface area contributed by atoms with Crippen molar-refractivity contribution in [2.45, 2.75) is 38.8 Å². The van der Waals surface area contributed by atoms with Crippen LogP contribution in [0.4, 0.5) is 4.79 Å². The van der Waals surface area contributed by atoms with Crippen molar-refractivity contribution in [3.63, 3.8) is 0 Å². The molecule has 0 saturated heterocycles. The standard InChI is InChI=1S/C17H22N2O5/c1-17(2,3)24-16(22)19-14(15(20)21)7-10-9-18-13-8-11(23-4)5-6-12(10)13/h5-6,8-9,14,18H,7H2,1-4H3,(H,19,22)(H,20,21)/t14-/m1/s1. The molecule has 1 heterocycles. The Kier molecular flexibility index (Phi) is 5.02. The third kappa shape index (κ3) is 4.41. The number of fused-ring (bicyclic) bond motifs is 1. The van der Waals surface area contributed by atoms with E-state index in [1.54, 1.807) is 40.1 Å². The highest BCUT2D eigenvalue weighted by atomic mass is 16.6. The van der Waals surface area contributed by atoms with Crippen LogP contribution in [0.25, 0.3) is 10.9 Å². The van der Waals surface area contributed by atoms with E-state index in [-0.39, 0.29) is 6.42 Å². The smallest absolute Gasteiger partial charge is 0.408 e. The van der Waals surface area contributed by atoms with Gasteiger partial charge in [-0.3, -0.25) is 0 Å². The van der Waals surface area contributed by atoms with Crippen molar-refractivity contribution >= 4 is 23.0 Å². The lowest BCUT2D eigenvalue weighted by atomic mass is 10.1. The molecular weight excluding hydrogens is 312 g/mol. The molecule has 130 valence electrons. The molecule has 0 radical (unpaired) electrons. The van der Waals surface area contributed by atoms with Crippen LogP contribution in [0.2, 0.25) is 0 Å². The lowest BCUT2D eigenvalue weighted by Crippen LogP contribution is -2.44. The monoisotopic (exact) mass is 334 g/mol. The van der Waals surface area contributed by atoms with Gasteiger partial charge in [-0.1, -0.05) is 0 Å². The lowest BCUT2D eigenvalue weighted by molar-refractivity contribution is -0.139. The van der Waals surface area contributed by atoms with Crippen LogP contribution >= 0.6 is 0 Å². The Morgan fingerprint density at radius 1 is 1.33 bits per heavy atom. The SMILES string of the molecule is COc1ccc2c(C[C@@H](NC(=O)OC(C)(C)C)C(=O)O)c[nH]c2c1. The van der Waals surface area contributed by atoms with Crippen molar-refractivity contribution < 1.29 is 24.2 Å². The molecule has 2 rings (SSSR count). The van der Waals surface area contributed by atoms with Gasteiger partial charge in [-0.2, -0.15) is 0 Å². The van der Waals surface area contributed by atoms with Crippen LogP contribution in [0.15, 0.2) is 24.4 Å². The number of amides is 1. The second-order valence-corrected chi connectivity index (χ2v) is 6.47. The number of carboxylic acids is 1. The molecule has 3 N–H and O–H groups in total. The van der Waals surface area contributed by atoms with E-state index in [1.807, 2.05) is 12.1 Å². The van der Waals surface area contributed by atoms with Crippen LogP contribution in [0.1, 0.15) is 26.3 Å². The highest BCUT2D eigenvalue weighted by Crippen LogP contribution is 2.24. The first-order valence-corrected chi connectivity index (χ1v) is 7.56. The zero-order valence-corrected chi connectivity index (χ0v) is 14.2. The van der Waals surface area contributed by atoms with Gasteiger partial charge in [0.1, 0.15) is 17.4 Å². The molecule has 0 aliphatic heterocycles. The molecule has 1 aromatic heterocycles. The highest BCUT2D eigenvalue weighted by molar-refractivity contribution is 5.86. The Hall–Kier alpha value is -2.70. The molecule has 2 aromatic rings. The van der Waals surface area contributed by atoms with Crippen LogP contribution in [-0.2, 0) is 16.0 Å². The summed E-state index contributed by atoms with van der Waals surface area (Å²) in [5, 5.41) is 12.7. The number of benzene rings is 1. The number of aromatic nitrogens is 1. The zero-order valence-electron chi connectivity index (χ0n) is 14.2. The highest BCUT2D eigenvalue weighted by Gasteiger charge is 2.25. The van der Waals surface area contributed by atoms with E-state index in [9.17, 15) is 14.7 Å². The molecule has 24 heavy (non-hydrogen) atoms.